The van der Waals surface area contributed by atoms with Crippen LogP contribution in [0.3, 0.4) is 0 Å². The van der Waals surface area contributed by atoms with Crippen molar-refractivity contribution in [2.24, 2.45) is 5.92 Å². The lowest BCUT2D eigenvalue weighted by Gasteiger charge is -2.40. The van der Waals surface area contributed by atoms with Crippen LogP contribution in [0.4, 0.5) is 0 Å². The summed E-state index contributed by atoms with van der Waals surface area (Å²) in [4.78, 5) is 2.41. The van der Waals surface area contributed by atoms with Gasteiger partial charge in [-0.1, -0.05) is 18.2 Å². The van der Waals surface area contributed by atoms with Crippen LogP contribution in [0.5, 0.6) is 5.75 Å². The highest BCUT2D eigenvalue weighted by atomic mass is 35.5. The number of methoxy groups -OCH3 is 1. The number of nitrogens with zero attached hydrogens (tertiary/aromatic N) is 1. The first-order chi connectivity index (χ1) is 8.78. The third kappa shape index (κ3) is 2.78. The summed E-state index contributed by atoms with van der Waals surface area (Å²) in [5.74, 6) is 1.14. The van der Waals surface area contributed by atoms with Gasteiger partial charge in [-0.2, -0.15) is 0 Å². The van der Waals surface area contributed by atoms with E-state index >= 15 is 0 Å². The van der Waals surface area contributed by atoms with Gasteiger partial charge in [-0.3, -0.25) is 4.90 Å². The number of hydrogen-bond donors (Lipinski definition) is 1. The van der Waals surface area contributed by atoms with E-state index in [2.05, 4.69) is 23.1 Å². The molecule has 0 amide bonds. The minimum absolute atomic E-state index is 0. The van der Waals surface area contributed by atoms with Gasteiger partial charge in [-0.05, 0) is 29.7 Å². The topological polar surface area (TPSA) is 32.7 Å². The van der Waals surface area contributed by atoms with Crippen molar-refractivity contribution < 1.29 is 9.84 Å². The van der Waals surface area contributed by atoms with Crippen LogP contribution < -0.4 is 4.74 Å². The molecule has 19 heavy (non-hydrogen) atoms. The lowest BCUT2D eigenvalue weighted by atomic mass is 9.81. The first-order valence-corrected chi connectivity index (χ1v) is 6.53. The maximum absolute atomic E-state index is 10.2. The lowest BCUT2D eigenvalue weighted by molar-refractivity contribution is 0.0509. The fourth-order valence-corrected chi connectivity index (χ4v) is 2.97. The number of fused-ring (bicyclic) bond motifs is 2. The first-order valence-electron chi connectivity index (χ1n) is 6.53. The van der Waals surface area contributed by atoms with Gasteiger partial charge in [0.1, 0.15) is 5.75 Å². The van der Waals surface area contributed by atoms with Crippen molar-refractivity contribution in [2.45, 2.75) is 12.5 Å². The Labute approximate surface area is 120 Å². The Kier molecular flexibility index (Phi) is 4.50. The number of halogens is 1. The molecule has 2 aliphatic heterocycles. The van der Waals surface area contributed by atoms with Crippen LogP contribution in [-0.2, 0) is 0 Å². The highest BCUT2D eigenvalue weighted by molar-refractivity contribution is 5.85. The molecule has 0 aliphatic carbocycles. The number of benzene rings is 1. The molecule has 0 radical (unpaired) electrons. The van der Waals surface area contributed by atoms with Crippen LogP contribution in [0.15, 0.2) is 30.3 Å². The molecule has 104 valence electrons. The quantitative estimate of drug-likeness (QED) is 0.902. The summed E-state index contributed by atoms with van der Waals surface area (Å²) in [6.45, 7) is 3.01. The number of aliphatic hydroxyl groups excluding tert-OH is 1. The van der Waals surface area contributed by atoms with Crippen LogP contribution in [0, 0.1) is 5.92 Å². The third-order valence-corrected chi connectivity index (χ3v) is 4.05. The van der Waals surface area contributed by atoms with E-state index in [1.807, 2.05) is 12.1 Å². The maximum Gasteiger partial charge on any atom is 0.118 e. The van der Waals surface area contributed by atoms with E-state index in [9.17, 15) is 5.11 Å². The molecule has 4 heteroatoms. The zero-order valence-electron chi connectivity index (χ0n) is 11.1. The average molecular weight is 282 g/mol. The molecule has 3 rings (SSSR count). The predicted molar refractivity (Wildman–Crippen MR) is 78.8 cm³/mol. The molecule has 1 fully saturated rings. The summed E-state index contributed by atoms with van der Waals surface area (Å²) in [6, 6.07) is 8.14. The monoisotopic (exact) mass is 281 g/mol. The van der Waals surface area contributed by atoms with E-state index in [1.54, 1.807) is 7.11 Å². The number of rotatable bonds is 2. The zero-order valence-corrected chi connectivity index (χ0v) is 11.9. The van der Waals surface area contributed by atoms with Crippen LogP contribution in [0.2, 0.25) is 0 Å². The molecule has 1 N–H and O–H groups in total. The Morgan fingerprint density at radius 3 is 2.68 bits per heavy atom. The third-order valence-electron chi connectivity index (χ3n) is 4.05. The van der Waals surface area contributed by atoms with Crippen LogP contribution in [-0.4, -0.2) is 42.9 Å². The van der Waals surface area contributed by atoms with E-state index in [-0.39, 0.29) is 24.4 Å². The Morgan fingerprint density at radius 2 is 2.00 bits per heavy atom. The molecule has 0 spiro atoms. The number of aliphatic hydroxyl groups is 1. The minimum Gasteiger partial charge on any atom is -0.497 e. The van der Waals surface area contributed by atoms with Gasteiger partial charge in [-0.25, -0.2) is 0 Å². The molecule has 1 saturated heterocycles. The smallest absolute Gasteiger partial charge is 0.118 e. The van der Waals surface area contributed by atoms with E-state index in [0.29, 0.717) is 0 Å². The largest absolute Gasteiger partial charge is 0.497 e. The summed E-state index contributed by atoms with van der Waals surface area (Å²) in [7, 11) is 1.68. The molecule has 0 saturated carbocycles. The number of hydrogen-bond acceptors (Lipinski definition) is 3. The van der Waals surface area contributed by atoms with Crippen molar-refractivity contribution >= 4 is 18.0 Å². The lowest BCUT2D eigenvalue weighted by Crippen LogP contribution is -2.46. The highest BCUT2D eigenvalue weighted by Gasteiger charge is 2.33. The van der Waals surface area contributed by atoms with Gasteiger partial charge in [0.15, 0.2) is 0 Å². The van der Waals surface area contributed by atoms with Gasteiger partial charge < -0.3 is 9.84 Å². The molecular weight excluding hydrogens is 262 g/mol. The summed E-state index contributed by atoms with van der Waals surface area (Å²) in [5, 5.41) is 10.2. The van der Waals surface area contributed by atoms with Gasteiger partial charge in [0, 0.05) is 25.6 Å². The van der Waals surface area contributed by atoms with Gasteiger partial charge in [0.2, 0.25) is 0 Å². The SMILES string of the molecule is COc1ccc(C2=CCN3CCC(O)C2C3)cc1.Cl. The molecule has 1 aromatic carbocycles. The second kappa shape index (κ2) is 5.95. The first kappa shape index (κ1) is 14.4. The van der Waals surface area contributed by atoms with Crippen molar-refractivity contribution in [1.82, 2.24) is 4.90 Å². The van der Waals surface area contributed by atoms with Crippen molar-refractivity contribution in [3.8, 4) is 5.75 Å². The molecule has 2 aliphatic rings. The van der Waals surface area contributed by atoms with E-state index in [4.69, 9.17) is 4.74 Å². The van der Waals surface area contributed by atoms with Crippen LogP contribution >= 0.6 is 12.4 Å². The molecular formula is C15H20ClNO2. The summed E-state index contributed by atoms with van der Waals surface area (Å²) < 4.78 is 5.18. The van der Waals surface area contributed by atoms with Crippen LogP contribution in [0.25, 0.3) is 5.57 Å². The van der Waals surface area contributed by atoms with Crippen molar-refractivity contribution in [1.29, 1.82) is 0 Å². The van der Waals surface area contributed by atoms with Gasteiger partial charge in [0.05, 0.1) is 13.2 Å². The second-order valence-electron chi connectivity index (χ2n) is 5.11. The highest BCUT2D eigenvalue weighted by Crippen LogP contribution is 2.34. The molecule has 3 nitrogen and oxygen atoms in total. The van der Waals surface area contributed by atoms with Gasteiger partial charge >= 0.3 is 0 Å². The van der Waals surface area contributed by atoms with Crippen molar-refractivity contribution in [3.05, 3.63) is 35.9 Å². The summed E-state index contributed by atoms with van der Waals surface area (Å²) in [6.07, 6.45) is 2.95. The Hall–Kier alpha value is -1.03. The van der Waals surface area contributed by atoms with Crippen LogP contribution in [0.1, 0.15) is 12.0 Å². The van der Waals surface area contributed by atoms with E-state index in [0.717, 1.165) is 31.8 Å². The Bertz CT molecular complexity index is 458. The van der Waals surface area contributed by atoms with E-state index < -0.39 is 0 Å². The predicted octanol–water partition coefficient (Wildman–Crippen LogP) is 2.20. The average Bonchev–Trinajstić information content (AvgIpc) is 2.44. The molecule has 3 unspecified atom stereocenters. The second-order valence-corrected chi connectivity index (χ2v) is 5.11. The van der Waals surface area contributed by atoms with Gasteiger partial charge in [0.25, 0.3) is 0 Å². The van der Waals surface area contributed by atoms with E-state index in [1.165, 1.54) is 11.1 Å². The minimum atomic E-state index is -0.199. The maximum atomic E-state index is 10.2. The van der Waals surface area contributed by atoms with Crippen molar-refractivity contribution in [3.63, 3.8) is 0 Å². The Balaban J connectivity index is 0.00000133. The molecule has 2 heterocycles. The molecule has 0 aromatic heterocycles. The normalized spacial score (nSPS) is 29.2. The molecule has 1 aromatic rings. The summed E-state index contributed by atoms with van der Waals surface area (Å²) >= 11 is 0. The fraction of sp³-hybridized carbons (Fsp3) is 0.467. The standard InChI is InChI=1S/C15H19NO2.ClH/c1-18-12-4-2-11(3-5-12)13-6-8-16-9-7-15(17)14(13)10-16;/h2-6,14-15,17H,7-10H2,1H3;1H. The number of ether oxygens (including phenoxy) is 1. The molecule has 2 bridgehead atoms. The van der Waals surface area contributed by atoms with Gasteiger partial charge in [-0.15, -0.1) is 12.4 Å². The summed E-state index contributed by atoms with van der Waals surface area (Å²) in [5.41, 5.74) is 2.50. The molecule has 3 atom stereocenters. The van der Waals surface area contributed by atoms with Crippen molar-refractivity contribution in [2.75, 3.05) is 26.7 Å². The fourth-order valence-electron chi connectivity index (χ4n) is 2.97. The Morgan fingerprint density at radius 1 is 1.26 bits per heavy atom. The zero-order chi connectivity index (χ0) is 12.5. The number of piperidine rings is 1.